The van der Waals surface area contributed by atoms with E-state index in [1.807, 2.05) is 48.5 Å². The number of methoxy groups -OCH3 is 1. The molecule has 0 saturated carbocycles. The summed E-state index contributed by atoms with van der Waals surface area (Å²) in [6.45, 7) is 3.38. The smallest absolute Gasteiger partial charge is 0.251 e. The van der Waals surface area contributed by atoms with Gasteiger partial charge in [-0.1, -0.05) is 30.3 Å². The van der Waals surface area contributed by atoms with Crippen molar-refractivity contribution in [2.45, 2.75) is 13.0 Å². The quantitative estimate of drug-likeness (QED) is 0.773. The van der Waals surface area contributed by atoms with Crippen molar-refractivity contribution in [3.63, 3.8) is 0 Å². The van der Waals surface area contributed by atoms with Crippen molar-refractivity contribution in [2.24, 2.45) is 0 Å². The van der Waals surface area contributed by atoms with Crippen LogP contribution in [0, 0.1) is 0 Å². The second kappa shape index (κ2) is 8.20. The van der Waals surface area contributed by atoms with Crippen LogP contribution in [0.4, 0.5) is 0 Å². The molecule has 116 valence electrons. The summed E-state index contributed by atoms with van der Waals surface area (Å²) in [5.74, 6) is 0.806. The minimum atomic E-state index is -0.0450. The van der Waals surface area contributed by atoms with Gasteiger partial charge in [0.2, 0.25) is 0 Å². The van der Waals surface area contributed by atoms with Crippen LogP contribution in [0.2, 0.25) is 0 Å². The van der Waals surface area contributed by atoms with E-state index in [9.17, 15) is 4.79 Å². The highest BCUT2D eigenvalue weighted by atomic mass is 16.5. The Balaban J connectivity index is 1.75. The standard InChI is InChI=1S/C18H22N2O2/c1-14(16-9-6-10-17(13-16)22-2)19-11-12-20-18(21)15-7-4-3-5-8-15/h3-10,13-14,19H,11-12H2,1-2H3,(H,20,21)/t14-/m0/s1. The predicted octanol–water partition coefficient (Wildman–Crippen LogP) is 2.78. The highest BCUT2D eigenvalue weighted by Crippen LogP contribution is 2.18. The van der Waals surface area contributed by atoms with Gasteiger partial charge in [-0.15, -0.1) is 0 Å². The molecule has 0 bridgehead atoms. The van der Waals surface area contributed by atoms with E-state index in [4.69, 9.17) is 4.74 Å². The monoisotopic (exact) mass is 298 g/mol. The largest absolute Gasteiger partial charge is 0.497 e. The van der Waals surface area contributed by atoms with Crippen LogP contribution in [-0.4, -0.2) is 26.1 Å². The van der Waals surface area contributed by atoms with E-state index >= 15 is 0 Å². The lowest BCUT2D eigenvalue weighted by Crippen LogP contribution is -2.32. The zero-order chi connectivity index (χ0) is 15.8. The second-order valence-electron chi connectivity index (χ2n) is 5.07. The SMILES string of the molecule is COc1cccc([C@H](C)NCCNC(=O)c2ccccc2)c1. The van der Waals surface area contributed by atoms with Crippen molar-refractivity contribution < 1.29 is 9.53 Å². The highest BCUT2D eigenvalue weighted by molar-refractivity contribution is 5.94. The Kier molecular flexibility index (Phi) is 5.98. The van der Waals surface area contributed by atoms with E-state index in [2.05, 4.69) is 23.6 Å². The molecular formula is C18H22N2O2. The first-order valence-corrected chi connectivity index (χ1v) is 7.41. The zero-order valence-electron chi connectivity index (χ0n) is 13.0. The van der Waals surface area contributed by atoms with Crippen LogP contribution in [-0.2, 0) is 0 Å². The molecule has 0 aliphatic heterocycles. The predicted molar refractivity (Wildman–Crippen MR) is 88.2 cm³/mol. The maximum Gasteiger partial charge on any atom is 0.251 e. The average molecular weight is 298 g/mol. The molecular weight excluding hydrogens is 276 g/mol. The lowest BCUT2D eigenvalue weighted by Gasteiger charge is -2.15. The van der Waals surface area contributed by atoms with Crippen LogP contribution in [0.25, 0.3) is 0 Å². The molecule has 22 heavy (non-hydrogen) atoms. The summed E-state index contributed by atoms with van der Waals surface area (Å²) >= 11 is 0. The van der Waals surface area contributed by atoms with Gasteiger partial charge < -0.3 is 15.4 Å². The van der Waals surface area contributed by atoms with Crippen molar-refractivity contribution >= 4 is 5.91 Å². The maximum absolute atomic E-state index is 11.9. The number of ether oxygens (including phenoxy) is 1. The number of hydrogen-bond donors (Lipinski definition) is 2. The summed E-state index contributed by atoms with van der Waals surface area (Å²) in [6.07, 6.45) is 0. The summed E-state index contributed by atoms with van der Waals surface area (Å²) in [4.78, 5) is 11.9. The molecule has 0 heterocycles. The van der Waals surface area contributed by atoms with Crippen molar-refractivity contribution in [1.82, 2.24) is 10.6 Å². The van der Waals surface area contributed by atoms with E-state index < -0.39 is 0 Å². The van der Waals surface area contributed by atoms with Crippen LogP contribution < -0.4 is 15.4 Å². The Morgan fingerprint density at radius 2 is 1.86 bits per heavy atom. The Morgan fingerprint density at radius 3 is 2.59 bits per heavy atom. The number of benzene rings is 2. The number of nitrogens with one attached hydrogen (secondary N) is 2. The van der Waals surface area contributed by atoms with Crippen molar-refractivity contribution in [3.05, 3.63) is 65.7 Å². The first-order chi connectivity index (χ1) is 10.7. The lowest BCUT2D eigenvalue weighted by atomic mass is 10.1. The van der Waals surface area contributed by atoms with E-state index in [1.165, 1.54) is 0 Å². The van der Waals surface area contributed by atoms with Crippen molar-refractivity contribution in [2.75, 3.05) is 20.2 Å². The van der Waals surface area contributed by atoms with Gasteiger partial charge >= 0.3 is 0 Å². The highest BCUT2D eigenvalue weighted by Gasteiger charge is 2.06. The molecule has 2 rings (SSSR count). The van der Waals surface area contributed by atoms with Crippen LogP contribution in [0.3, 0.4) is 0 Å². The first-order valence-electron chi connectivity index (χ1n) is 7.41. The van der Waals surface area contributed by atoms with Gasteiger partial charge in [0.1, 0.15) is 5.75 Å². The van der Waals surface area contributed by atoms with E-state index in [1.54, 1.807) is 7.11 Å². The first kappa shape index (κ1) is 16.0. The molecule has 4 nitrogen and oxygen atoms in total. The fourth-order valence-electron chi connectivity index (χ4n) is 2.19. The van der Waals surface area contributed by atoms with Gasteiger partial charge in [0.05, 0.1) is 7.11 Å². The summed E-state index contributed by atoms with van der Waals surface area (Å²) in [7, 11) is 1.66. The minimum Gasteiger partial charge on any atom is -0.497 e. The number of carbonyl (C=O) groups is 1. The molecule has 0 aliphatic carbocycles. The fourth-order valence-corrected chi connectivity index (χ4v) is 2.19. The van der Waals surface area contributed by atoms with Gasteiger partial charge in [-0.2, -0.15) is 0 Å². The van der Waals surface area contributed by atoms with Crippen molar-refractivity contribution in [3.8, 4) is 5.75 Å². The molecule has 1 amide bonds. The Hall–Kier alpha value is -2.33. The average Bonchev–Trinajstić information content (AvgIpc) is 2.59. The number of amides is 1. The Bertz CT molecular complexity index is 599. The molecule has 0 aromatic heterocycles. The summed E-state index contributed by atoms with van der Waals surface area (Å²) < 4.78 is 5.23. The number of carbonyl (C=O) groups excluding carboxylic acids is 1. The summed E-state index contributed by atoms with van der Waals surface area (Å²) in [5.41, 5.74) is 1.84. The molecule has 0 unspecified atom stereocenters. The van der Waals surface area contributed by atoms with Gasteiger partial charge in [-0.05, 0) is 36.8 Å². The molecule has 4 heteroatoms. The van der Waals surface area contributed by atoms with Crippen LogP contribution >= 0.6 is 0 Å². The normalized spacial score (nSPS) is 11.7. The number of hydrogen-bond acceptors (Lipinski definition) is 3. The molecule has 0 saturated heterocycles. The molecule has 0 aliphatic rings. The van der Waals surface area contributed by atoms with Crippen LogP contribution in [0.1, 0.15) is 28.9 Å². The van der Waals surface area contributed by atoms with Gasteiger partial charge in [-0.25, -0.2) is 0 Å². The van der Waals surface area contributed by atoms with E-state index in [0.29, 0.717) is 18.7 Å². The minimum absolute atomic E-state index is 0.0450. The Morgan fingerprint density at radius 1 is 1.09 bits per heavy atom. The fraction of sp³-hybridized carbons (Fsp3) is 0.278. The third kappa shape index (κ3) is 4.60. The van der Waals surface area contributed by atoms with E-state index in [-0.39, 0.29) is 11.9 Å². The maximum atomic E-state index is 11.9. The Labute approximate surface area is 131 Å². The van der Waals surface area contributed by atoms with Gasteiger partial charge in [-0.3, -0.25) is 4.79 Å². The topological polar surface area (TPSA) is 50.4 Å². The van der Waals surface area contributed by atoms with Crippen LogP contribution in [0.15, 0.2) is 54.6 Å². The van der Waals surface area contributed by atoms with Crippen molar-refractivity contribution in [1.29, 1.82) is 0 Å². The van der Waals surface area contributed by atoms with Gasteiger partial charge in [0.25, 0.3) is 5.91 Å². The molecule has 0 radical (unpaired) electrons. The molecule has 1 atom stereocenters. The zero-order valence-corrected chi connectivity index (χ0v) is 13.0. The molecule has 2 N–H and O–H groups in total. The van der Waals surface area contributed by atoms with Gasteiger partial charge in [0, 0.05) is 24.7 Å². The third-order valence-electron chi connectivity index (χ3n) is 3.49. The van der Waals surface area contributed by atoms with E-state index in [0.717, 1.165) is 11.3 Å². The molecule has 0 fully saturated rings. The lowest BCUT2D eigenvalue weighted by molar-refractivity contribution is 0.0953. The molecule has 0 spiro atoms. The van der Waals surface area contributed by atoms with Gasteiger partial charge in [0.15, 0.2) is 0 Å². The second-order valence-corrected chi connectivity index (χ2v) is 5.07. The summed E-state index contributed by atoms with van der Waals surface area (Å²) in [5, 5.41) is 6.29. The van der Waals surface area contributed by atoms with Crippen LogP contribution in [0.5, 0.6) is 5.75 Å². The molecule has 2 aromatic rings. The number of rotatable bonds is 7. The third-order valence-corrected chi connectivity index (χ3v) is 3.49. The summed E-state index contributed by atoms with van der Waals surface area (Å²) in [6, 6.07) is 17.4. The molecule has 2 aromatic carbocycles.